The largest absolute Gasteiger partial charge is 0.416 e. The third-order valence-electron chi connectivity index (χ3n) is 4.24. The van der Waals surface area contributed by atoms with Crippen LogP contribution < -0.4 is 5.32 Å². The Morgan fingerprint density at radius 3 is 2.73 bits per heavy atom. The standard InChI is InChI=1S/C19H18ClF3N2O/c20-15-4-5-16-13(10-25-17(16)9-15)6-7-24-11-18(26)12-2-1-3-14(8-12)19(21,22)23/h1-5,8-10,18,24-26H,6-7,11H2. The van der Waals surface area contributed by atoms with Crippen LogP contribution in [0.3, 0.4) is 0 Å². The van der Waals surface area contributed by atoms with Crippen LogP contribution in [0.4, 0.5) is 13.2 Å². The van der Waals surface area contributed by atoms with Gasteiger partial charge in [0.25, 0.3) is 0 Å². The molecule has 0 bridgehead atoms. The highest BCUT2D eigenvalue weighted by Gasteiger charge is 2.30. The first kappa shape index (κ1) is 18.8. The Kier molecular flexibility index (Phi) is 5.55. The number of benzene rings is 2. The molecule has 1 atom stereocenters. The molecular weight excluding hydrogens is 365 g/mol. The molecule has 0 radical (unpaired) electrons. The number of aromatic nitrogens is 1. The third kappa shape index (κ3) is 4.38. The SMILES string of the molecule is OC(CNCCc1c[nH]c2cc(Cl)ccc12)c1cccc(C(F)(F)F)c1. The summed E-state index contributed by atoms with van der Waals surface area (Å²) in [7, 11) is 0. The maximum Gasteiger partial charge on any atom is 0.416 e. The van der Waals surface area contributed by atoms with Gasteiger partial charge in [0.05, 0.1) is 11.7 Å². The Hall–Kier alpha value is -2.02. The second-order valence-corrected chi connectivity index (χ2v) is 6.53. The van der Waals surface area contributed by atoms with Crippen molar-refractivity contribution in [3.05, 3.63) is 70.4 Å². The summed E-state index contributed by atoms with van der Waals surface area (Å²) < 4.78 is 38.2. The maximum absolute atomic E-state index is 12.7. The minimum absolute atomic E-state index is 0.176. The molecule has 3 aromatic rings. The van der Waals surface area contributed by atoms with Gasteiger partial charge in [0, 0.05) is 28.7 Å². The van der Waals surface area contributed by atoms with Gasteiger partial charge in [-0.3, -0.25) is 0 Å². The zero-order valence-electron chi connectivity index (χ0n) is 13.8. The van der Waals surface area contributed by atoms with Crippen LogP contribution in [0, 0.1) is 0 Å². The molecule has 1 heterocycles. The van der Waals surface area contributed by atoms with Crippen LogP contribution in [0.2, 0.25) is 5.02 Å². The molecule has 3 rings (SSSR count). The predicted octanol–water partition coefficient (Wildman–Crippen LogP) is 4.71. The molecule has 138 valence electrons. The number of nitrogens with one attached hydrogen (secondary N) is 2. The topological polar surface area (TPSA) is 48.0 Å². The van der Waals surface area contributed by atoms with Gasteiger partial charge >= 0.3 is 6.18 Å². The highest BCUT2D eigenvalue weighted by molar-refractivity contribution is 6.31. The lowest BCUT2D eigenvalue weighted by molar-refractivity contribution is -0.137. The number of aromatic amines is 1. The van der Waals surface area contributed by atoms with E-state index in [1.165, 1.54) is 12.1 Å². The van der Waals surface area contributed by atoms with Crippen LogP contribution >= 0.6 is 11.6 Å². The third-order valence-corrected chi connectivity index (χ3v) is 4.47. The van der Waals surface area contributed by atoms with Crippen LogP contribution in [-0.4, -0.2) is 23.2 Å². The van der Waals surface area contributed by atoms with Gasteiger partial charge in [0.2, 0.25) is 0 Å². The normalized spacial score (nSPS) is 13.3. The molecule has 26 heavy (non-hydrogen) atoms. The van der Waals surface area contributed by atoms with Crippen molar-refractivity contribution in [1.29, 1.82) is 0 Å². The van der Waals surface area contributed by atoms with Crippen LogP contribution in [0.25, 0.3) is 10.9 Å². The van der Waals surface area contributed by atoms with Gasteiger partial charge in [0.1, 0.15) is 0 Å². The van der Waals surface area contributed by atoms with E-state index in [0.717, 1.165) is 35.0 Å². The number of fused-ring (bicyclic) bond motifs is 1. The average molecular weight is 383 g/mol. The van der Waals surface area contributed by atoms with Crippen LogP contribution in [-0.2, 0) is 12.6 Å². The minimum Gasteiger partial charge on any atom is -0.387 e. The second kappa shape index (κ2) is 7.70. The number of aliphatic hydroxyl groups excluding tert-OH is 1. The summed E-state index contributed by atoms with van der Waals surface area (Å²) in [5.74, 6) is 0. The summed E-state index contributed by atoms with van der Waals surface area (Å²) in [5, 5.41) is 14.9. The average Bonchev–Trinajstić information content (AvgIpc) is 3.00. The lowest BCUT2D eigenvalue weighted by atomic mass is 10.1. The van der Waals surface area contributed by atoms with Gasteiger partial charge in [-0.2, -0.15) is 13.2 Å². The zero-order chi connectivity index (χ0) is 18.7. The molecule has 1 aromatic heterocycles. The van der Waals surface area contributed by atoms with Crippen LogP contribution in [0.15, 0.2) is 48.7 Å². The summed E-state index contributed by atoms with van der Waals surface area (Å²) in [6, 6.07) is 10.4. The molecule has 0 saturated heterocycles. The summed E-state index contributed by atoms with van der Waals surface area (Å²) in [6.07, 6.45) is -2.79. The smallest absolute Gasteiger partial charge is 0.387 e. The van der Waals surface area contributed by atoms with Crippen molar-refractivity contribution in [3.63, 3.8) is 0 Å². The van der Waals surface area contributed by atoms with Gasteiger partial charge < -0.3 is 15.4 Å². The molecular formula is C19H18ClF3N2O. The van der Waals surface area contributed by atoms with E-state index in [1.54, 1.807) is 0 Å². The minimum atomic E-state index is -4.42. The fourth-order valence-electron chi connectivity index (χ4n) is 2.87. The van der Waals surface area contributed by atoms with E-state index in [0.29, 0.717) is 11.6 Å². The van der Waals surface area contributed by atoms with E-state index in [-0.39, 0.29) is 12.1 Å². The van der Waals surface area contributed by atoms with Crippen molar-refractivity contribution < 1.29 is 18.3 Å². The van der Waals surface area contributed by atoms with Crippen LogP contribution in [0.1, 0.15) is 22.8 Å². The van der Waals surface area contributed by atoms with E-state index in [1.807, 2.05) is 24.4 Å². The fraction of sp³-hybridized carbons (Fsp3) is 0.263. The molecule has 3 N–H and O–H groups in total. The van der Waals surface area contributed by atoms with E-state index in [4.69, 9.17) is 11.6 Å². The second-order valence-electron chi connectivity index (χ2n) is 6.10. The highest BCUT2D eigenvalue weighted by Crippen LogP contribution is 2.30. The first-order chi connectivity index (χ1) is 12.3. The maximum atomic E-state index is 12.7. The predicted molar refractivity (Wildman–Crippen MR) is 96.3 cm³/mol. The van der Waals surface area contributed by atoms with Gasteiger partial charge in [-0.1, -0.05) is 29.8 Å². The molecule has 1 unspecified atom stereocenters. The zero-order valence-corrected chi connectivity index (χ0v) is 14.5. The molecule has 0 saturated carbocycles. The molecule has 0 spiro atoms. The van der Waals surface area contributed by atoms with Crippen molar-refractivity contribution in [1.82, 2.24) is 10.3 Å². The molecule has 0 fully saturated rings. The van der Waals surface area contributed by atoms with E-state index >= 15 is 0 Å². The molecule has 0 aliphatic heterocycles. The summed E-state index contributed by atoms with van der Waals surface area (Å²) in [6.45, 7) is 0.765. The first-order valence-electron chi connectivity index (χ1n) is 8.16. The Labute approximate surface area is 153 Å². The first-order valence-corrected chi connectivity index (χ1v) is 8.54. The van der Waals surface area contributed by atoms with Gasteiger partial charge in [-0.15, -0.1) is 0 Å². The summed E-state index contributed by atoms with van der Waals surface area (Å²) in [4.78, 5) is 3.16. The van der Waals surface area contributed by atoms with Crippen molar-refractivity contribution in [2.45, 2.75) is 18.7 Å². The lowest BCUT2D eigenvalue weighted by Gasteiger charge is -2.14. The Morgan fingerprint density at radius 1 is 1.15 bits per heavy atom. The van der Waals surface area contributed by atoms with Crippen molar-refractivity contribution in [2.24, 2.45) is 0 Å². The number of halogens is 4. The number of hydrogen-bond donors (Lipinski definition) is 3. The van der Waals surface area contributed by atoms with Gasteiger partial charge in [0.15, 0.2) is 0 Å². The summed E-state index contributed by atoms with van der Waals surface area (Å²) in [5.41, 5.74) is 1.55. The number of hydrogen-bond acceptors (Lipinski definition) is 2. The van der Waals surface area contributed by atoms with Gasteiger partial charge in [-0.05, 0) is 48.4 Å². The molecule has 0 aliphatic carbocycles. The van der Waals surface area contributed by atoms with E-state index in [2.05, 4.69) is 10.3 Å². The van der Waals surface area contributed by atoms with Crippen molar-refractivity contribution in [3.8, 4) is 0 Å². The number of aliphatic hydroxyl groups is 1. The molecule has 0 amide bonds. The highest BCUT2D eigenvalue weighted by atomic mass is 35.5. The van der Waals surface area contributed by atoms with E-state index < -0.39 is 17.8 Å². The molecule has 2 aromatic carbocycles. The van der Waals surface area contributed by atoms with E-state index in [9.17, 15) is 18.3 Å². The number of H-pyrrole nitrogens is 1. The monoisotopic (exact) mass is 382 g/mol. The Morgan fingerprint density at radius 2 is 1.96 bits per heavy atom. The van der Waals surface area contributed by atoms with Crippen molar-refractivity contribution in [2.75, 3.05) is 13.1 Å². The Balaban J connectivity index is 1.54. The lowest BCUT2D eigenvalue weighted by Crippen LogP contribution is -2.24. The summed E-state index contributed by atoms with van der Waals surface area (Å²) >= 11 is 5.96. The quantitative estimate of drug-likeness (QED) is 0.541. The number of alkyl halides is 3. The molecule has 3 nitrogen and oxygen atoms in total. The van der Waals surface area contributed by atoms with Crippen LogP contribution in [0.5, 0.6) is 0 Å². The molecule has 7 heteroatoms. The fourth-order valence-corrected chi connectivity index (χ4v) is 3.04. The Bertz CT molecular complexity index is 892. The molecule has 0 aliphatic rings. The van der Waals surface area contributed by atoms with Gasteiger partial charge in [-0.25, -0.2) is 0 Å². The van der Waals surface area contributed by atoms with Crippen molar-refractivity contribution >= 4 is 22.5 Å². The number of rotatable bonds is 6.